The van der Waals surface area contributed by atoms with Gasteiger partial charge in [-0.25, -0.2) is 0 Å². The van der Waals surface area contributed by atoms with Crippen LogP contribution in [0.2, 0.25) is 0 Å². The zero-order valence-electron chi connectivity index (χ0n) is 14.1. The van der Waals surface area contributed by atoms with E-state index in [9.17, 15) is 9.59 Å². The van der Waals surface area contributed by atoms with Gasteiger partial charge in [-0.2, -0.15) is 0 Å². The molecule has 0 saturated heterocycles. The van der Waals surface area contributed by atoms with Crippen molar-refractivity contribution in [1.82, 2.24) is 0 Å². The topological polar surface area (TPSA) is 43.4 Å². The van der Waals surface area contributed by atoms with E-state index in [1.807, 2.05) is 54.6 Å². The molecule has 0 fully saturated rings. The molecule has 124 valence electrons. The molecule has 0 unspecified atom stereocenters. The first kappa shape index (κ1) is 14.8. The number of hydrogen-bond acceptors (Lipinski definition) is 3. The fourth-order valence-electron chi connectivity index (χ4n) is 3.84. The molecule has 26 heavy (non-hydrogen) atoms. The van der Waals surface area contributed by atoms with Gasteiger partial charge in [-0.05, 0) is 51.9 Å². The van der Waals surface area contributed by atoms with Crippen LogP contribution < -0.4 is 4.74 Å². The second-order valence-electron chi connectivity index (χ2n) is 6.44. The van der Waals surface area contributed by atoms with Gasteiger partial charge in [0.15, 0.2) is 11.6 Å². The van der Waals surface area contributed by atoms with Gasteiger partial charge >= 0.3 is 0 Å². The monoisotopic (exact) mass is 338 g/mol. The minimum atomic E-state index is -0.0990. The largest absolute Gasteiger partial charge is 0.497 e. The maximum atomic E-state index is 13.5. The fourth-order valence-corrected chi connectivity index (χ4v) is 3.84. The molecule has 0 heterocycles. The Morgan fingerprint density at radius 2 is 1.31 bits per heavy atom. The van der Waals surface area contributed by atoms with E-state index < -0.39 is 0 Å². The van der Waals surface area contributed by atoms with Gasteiger partial charge in [0.25, 0.3) is 0 Å². The molecule has 0 amide bonds. The summed E-state index contributed by atoms with van der Waals surface area (Å²) < 4.78 is 5.28. The lowest BCUT2D eigenvalue weighted by Crippen LogP contribution is -2.21. The average Bonchev–Trinajstić information content (AvgIpc) is 2.70. The molecule has 0 atom stereocenters. The van der Waals surface area contributed by atoms with E-state index in [-0.39, 0.29) is 11.6 Å². The zero-order valence-corrected chi connectivity index (χ0v) is 14.1. The summed E-state index contributed by atoms with van der Waals surface area (Å²) in [7, 11) is 1.61. The molecule has 0 aromatic heterocycles. The number of ketones is 2. The second kappa shape index (κ2) is 5.27. The van der Waals surface area contributed by atoms with Gasteiger partial charge in [-0.1, -0.05) is 36.4 Å². The SMILES string of the molecule is COc1ccc2c3c(ccc2c1)C(=O)c1ccc2ccccc2c1C3=O. The van der Waals surface area contributed by atoms with Crippen LogP contribution in [0.1, 0.15) is 31.8 Å². The Hall–Kier alpha value is -3.46. The smallest absolute Gasteiger partial charge is 0.195 e. The van der Waals surface area contributed by atoms with Crippen molar-refractivity contribution in [3.63, 3.8) is 0 Å². The molecule has 5 rings (SSSR count). The second-order valence-corrected chi connectivity index (χ2v) is 6.44. The molecule has 1 aliphatic rings. The molecular formula is C23H14O3. The molecule has 0 spiro atoms. The molecule has 4 aromatic carbocycles. The molecule has 0 aliphatic heterocycles. The van der Waals surface area contributed by atoms with Crippen LogP contribution in [0.5, 0.6) is 5.75 Å². The van der Waals surface area contributed by atoms with Gasteiger partial charge in [0.2, 0.25) is 0 Å². The van der Waals surface area contributed by atoms with Crippen LogP contribution in [0.3, 0.4) is 0 Å². The van der Waals surface area contributed by atoms with Gasteiger partial charge in [0.05, 0.1) is 7.11 Å². The van der Waals surface area contributed by atoms with Gasteiger partial charge in [-0.15, -0.1) is 0 Å². The molecule has 0 saturated carbocycles. The van der Waals surface area contributed by atoms with Crippen LogP contribution in [-0.4, -0.2) is 18.7 Å². The van der Waals surface area contributed by atoms with Crippen molar-refractivity contribution in [2.24, 2.45) is 0 Å². The van der Waals surface area contributed by atoms with Crippen molar-refractivity contribution in [2.75, 3.05) is 7.11 Å². The number of benzene rings is 4. The van der Waals surface area contributed by atoms with E-state index in [4.69, 9.17) is 4.74 Å². The molecule has 0 bridgehead atoms. The summed E-state index contributed by atoms with van der Waals surface area (Å²) in [5.41, 5.74) is 1.94. The predicted octanol–water partition coefficient (Wildman–Crippen LogP) is 4.78. The third-order valence-corrected chi connectivity index (χ3v) is 5.10. The van der Waals surface area contributed by atoms with Crippen molar-refractivity contribution in [3.8, 4) is 5.75 Å². The predicted molar refractivity (Wildman–Crippen MR) is 101 cm³/mol. The minimum absolute atomic E-state index is 0.0952. The number of ether oxygens (including phenoxy) is 1. The van der Waals surface area contributed by atoms with Crippen LogP contribution in [0.4, 0.5) is 0 Å². The highest BCUT2D eigenvalue weighted by Gasteiger charge is 2.32. The summed E-state index contributed by atoms with van der Waals surface area (Å²) in [6.07, 6.45) is 0. The van der Waals surface area contributed by atoms with Crippen LogP contribution in [0, 0.1) is 0 Å². The molecule has 1 aliphatic carbocycles. The maximum absolute atomic E-state index is 13.5. The van der Waals surface area contributed by atoms with Gasteiger partial charge in [-0.3, -0.25) is 9.59 Å². The van der Waals surface area contributed by atoms with Crippen molar-refractivity contribution in [1.29, 1.82) is 0 Å². The first-order chi connectivity index (χ1) is 12.7. The normalized spacial score (nSPS) is 13.0. The number of hydrogen-bond donors (Lipinski definition) is 0. The Balaban J connectivity index is 1.87. The Labute approximate surface area is 149 Å². The molecule has 0 radical (unpaired) electrons. The van der Waals surface area contributed by atoms with Gasteiger partial charge in [0, 0.05) is 22.3 Å². The maximum Gasteiger partial charge on any atom is 0.195 e. The molecular weight excluding hydrogens is 324 g/mol. The Bertz CT molecular complexity index is 1250. The summed E-state index contributed by atoms with van der Waals surface area (Å²) in [4.78, 5) is 26.5. The number of fused-ring (bicyclic) bond motifs is 6. The highest BCUT2D eigenvalue weighted by atomic mass is 16.5. The third-order valence-electron chi connectivity index (χ3n) is 5.10. The first-order valence-electron chi connectivity index (χ1n) is 8.41. The highest BCUT2D eigenvalue weighted by molar-refractivity contribution is 6.35. The third kappa shape index (κ3) is 1.88. The Kier molecular flexibility index (Phi) is 3.01. The molecule has 3 nitrogen and oxygen atoms in total. The van der Waals surface area contributed by atoms with E-state index in [2.05, 4.69) is 0 Å². The van der Waals surface area contributed by atoms with E-state index in [0.29, 0.717) is 22.3 Å². The van der Waals surface area contributed by atoms with Gasteiger partial charge < -0.3 is 4.74 Å². The molecule has 4 aromatic rings. The zero-order chi connectivity index (χ0) is 17.8. The molecule has 0 N–H and O–H groups in total. The van der Waals surface area contributed by atoms with Crippen molar-refractivity contribution in [3.05, 3.63) is 89.0 Å². The van der Waals surface area contributed by atoms with Crippen LogP contribution in [0.25, 0.3) is 21.5 Å². The lowest BCUT2D eigenvalue weighted by molar-refractivity contribution is 0.0981. The first-order valence-corrected chi connectivity index (χ1v) is 8.41. The number of methoxy groups -OCH3 is 1. The summed E-state index contributed by atoms with van der Waals surface area (Å²) in [5, 5.41) is 3.44. The summed E-state index contributed by atoms with van der Waals surface area (Å²) in [6, 6.07) is 20.5. The standard InChI is InChI=1S/C23H14O3/c1-26-15-8-11-17-14(12-15)7-10-19-21(17)23(25)20-16-5-3-2-4-13(16)6-9-18(20)22(19)24/h2-12H,1H3. The lowest BCUT2D eigenvalue weighted by atomic mass is 9.79. The van der Waals surface area contributed by atoms with Gasteiger partial charge in [0.1, 0.15) is 5.75 Å². The van der Waals surface area contributed by atoms with Crippen LogP contribution >= 0.6 is 0 Å². The number of rotatable bonds is 1. The van der Waals surface area contributed by atoms with Crippen LogP contribution in [-0.2, 0) is 0 Å². The quantitative estimate of drug-likeness (QED) is 0.442. The van der Waals surface area contributed by atoms with E-state index in [1.54, 1.807) is 19.2 Å². The fraction of sp³-hybridized carbons (Fsp3) is 0.0435. The van der Waals surface area contributed by atoms with Crippen molar-refractivity contribution < 1.29 is 14.3 Å². The van der Waals surface area contributed by atoms with Crippen LogP contribution in [0.15, 0.2) is 66.7 Å². The summed E-state index contributed by atoms with van der Waals surface area (Å²) >= 11 is 0. The average molecular weight is 338 g/mol. The number of carbonyl (C=O) groups excluding carboxylic acids is 2. The van der Waals surface area contributed by atoms with E-state index >= 15 is 0 Å². The highest BCUT2D eigenvalue weighted by Crippen LogP contribution is 2.36. The summed E-state index contributed by atoms with van der Waals surface area (Å²) in [6.45, 7) is 0. The lowest BCUT2D eigenvalue weighted by Gasteiger charge is -2.21. The summed E-state index contributed by atoms with van der Waals surface area (Å²) in [5.74, 6) is 0.526. The minimum Gasteiger partial charge on any atom is -0.497 e. The van der Waals surface area contributed by atoms with Crippen molar-refractivity contribution >= 4 is 33.1 Å². The van der Waals surface area contributed by atoms with E-state index in [1.165, 1.54) is 0 Å². The number of carbonyl (C=O) groups is 2. The van der Waals surface area contributed by atoms with E-state index in [0.717, 1.165) is 27.3 Å². The Morgan fingerprint density at radius 1 is 0.654 bits per heavy atom. The Morgan fingerprint density at radius 3 is 2.04 bits per heavy atom. The van der Waals surface area contributed by atoms with Crippen molar-refractivity contribution in [2.45, 2.75) is 0 Å². The molecule has 3 heteroatoms.